The minimum Gasteiger partial charge on any atom is -0.490 e. The van der Waals surface area contributed by atoms with Gasteiger partial charge in [-0.25, -0.2) is 4.98 Å². The number of aromatic nitrogens is 2. The average Bonchev–Trinajstić information content (AvgIpc) is 3.78. The number of terminal acetylenes is 1. The smallest absolute Gasteiger partial charge is 0.255 e. The highest BCUT2D eigenvalue weighted by Crippen LogP contribution is 2.35. The Labute approximate surface area is 261 Å². The SMILES string of the molecule is C#CCOc1cc(C(C(=O)N2CCCC2C(=O)NCc2ccc(-c3scnc3C)cc2OC2CCC(=O)CC2)C(C)C)on1. The van der Waals surface area contributed by atoms with Crippen LogP contribution >= 0.6 is 11.3 Å². The van der Waals surface area contributed by atoms with Crippen LogP contribution < -0.4 is 14.8 Å². The van der Waals surface area contributed by atoms with Crippen molar-refractivity contribution >= 4 is 28.9 Å². The van der Waals surface area contributed by atoms with E-state index in [1.54, 1.807) is 22.3 Å². The zero-order valence-electron chi connectivity index (χ0n) is 25.3. The summed E-state index contributed by atoms with van der Waals surface area (Å²) in [6.45, 7) is 6.60. The Balaban J connectivity index is 1.30. The molecule has 2 amide bonds. The molecule has 0 spiro atoms. The number of carbonyl (C=O) groups excluding carboxylic acids is 3. The number of rotatable bonds is 11. The van der Waals surface area contributed by atoms with Crippen LogP contribution in [0, 0.1) is 25.2 Å². The summed E-state index contributed by atoms with van der Waals surface area (Å²) in [7, 11) is 0. The number of Topliss-reactive ketones (excluding diaryl/α,β-unsaturated/α-hetero) is 1. The number of thiazole rings is 1. The number of nitrogens with one attached hydrogen (secondary N) is 1. The lowest BCUT2D eigenvalue weighted by Gasteiger charge is -2.29. The molecule has 2 aromatic heterocycles. The summed E-state index contributed by atoms with van der Waals surface area (Å²) < 4.78 is 17.3. The summed E-state index contributed by atoms with van der Waals surface area (Å²) in [6, 6.07) is 6.96. The van der Waals surface area contributed by atoms with Crippen molar-refractivity contribution in [1.82, 2.24) is 20.4 Å². The second kappa shape index (κ2) is 14.1. The molecule has 1 saturated heterocycles. The van der Waals surface area contributed by atoms with Gasteiger partial charge in [-0.05, 0) is 55.3 Å². The quantitative estimate of drug-likeness (QED) is 0.296. The highest BCUT2D eigenvalue weighted by atomic mass is 32.1. The number of benzene rings is 1. The fourth-order valence-corrected chi connectivity index (χ4v) is 6.66. The van der Waals surface area contributed by atoms with Gasteiger partial charge in [0.05, 0.1) is 22.2 Å². The van der Waals surface area contributed by atoms with Crippen LogP contribution in [0.3, 0.4) is 0 Å². The predicted molar refractivity (Wildman–Crippen MR) is 165 cm³/mol. The molecule has 2 unspecified atom stereocenters. The van der Waals surface area contributed by atoms with Gasteiger partial charge in [-0.2, -0.15) is 0 Å². The molecule has 1 aliphatic heterocycles. The first-order valence-corrected chi connectivity index (χ1v) is 16.0. The number of likely N-dealkylation sites (tertiary alicyclic amines) is 1. The van der Waals surface area contributed by atoms with Crippen molar-refractivity contribution < 1.29 is 28.4 Å². The van der Waals surface area contributed by atoms with Crippen LogP contribution in [-0.4, -0.2) is 57.9 Å². The highest BCUT2D eigenvalue weighted by molar-refractivity contribution is 7.13. The van der Waals surface area contributed by atoms with Gasteiger partial charge in [-0.1, -0.05) is 31.9 Å². The highest BCUT2D eigenvalue weighted by Gasteiger charge is 2.40. The van der Waals surface area contributed by atoms with Crippen molar-refractivity contribution in [1.29, 1.82) is 0 Å². The molecule has 1 saturated carbocycles. The molecule has 1 N–H and O–H groups in total. The fraction of sp³-hybridized carbons (Fsp3) is 0.485. The molecule has 2 atom stereocenters. The second-order valence-corrected chi connectivity index (χ2v) is 12.5. The van der Waals surface area contributed by atoms with Crippen molar-refractivity contribution in [2.75, 3.05) is 13.2 Å². The van der Waals surface area contributed by atoms with Crippen molar-refractivity contribution in [3.05, 3.63) is 46.8 Å². The van der Waals surface area contributed by atoms with Gasteiger partial charge in [0, 0.05) is 37.6 Å². The van der Waals surface area contributed by atoms with Gasteiger partial charge in [-0.3, -0.25) is 14.4 Å². The standard InChI is InChI=1S/C33H38N4O6S/c1-5-15-41-29-17-28(43-36-29)30(20(2)3)33(40)37-14-6-7-26(37)32(39)34-18-23-9-8-22(31-21(4)35-19-44-31)16-27(23)42-25-12-10-24(38)11-13-25/h1,8-9,16-17,19-20,25-26,30H,6-7,10-15,18H2,2-4H3,(H,34,39). The molecule has 44 heavy (non-hydrogen) atoms. The minimum absolute atomic E-state index is 0.0430. The molecule has 10 nitrogen and oxygen atoms in total. The largest absolute Gasteiger partial charge is 0.490 e. The Morgan fingerprint density at radius 2 is 2.02 bits per heavy atom. The average molecular weight is 619 g/mol. The van der Waals surface area contributed by atoms with Gasteiger partial charge in [-0.15, -0.1) is 17.8 Å². The molecule has 3 heterocycles. The Hall–Kier alpha value is -4.17. The first kappa shape index (κ1) is 31.3. The van der Waals surface area contributed by atoms with E-state index in [0.29, 0.717) is 50.2 Å². The predicted octanol–water partition coefficient (Wildman–Crippen LogP) is 5.06. The Morgan fingerprint density at radius 1 is 1.23 bits per heavy atom. The van der Waals surface area contributed by atoms with Gasteiger partial charge >= 0.3 is 0 Å². The van der Waals surface area contributed by atoms with Gasteiger partial charge < -0.3 is 24.2 Å². The number of hydrogen-bond donors (Lipinski definition) is 1. The maximum absolute atomic E-state index is 13.8. The monoisotopic (exact) mass is 618 g/mol. The maximum Gasteiger partial charge on any atom is 0.255 e. The van der Waals surface area contributed by atoms with E-state index in [-0.39, 0.29) is 48.7 Å². The van der Waals surface area contributed by atoms with Crippen LogP contribution in [-0.2, 0) is 20.9 Å². The third-order valence-electron chi connectivity index (χ3n) is 8.20. The van der Waals surface area contributed by atoms with Crippen LogP contribution in [0.25, 0.3) is 10.4 Å². The van der Waals surface area contributed by atoms with Crippen molar-refractivity contribution in [3.8, 4) is 34.4 Å². The van der Waals surface area contributed by atoms with Crippen LogP contribution in [0.15, 0.2) is 34.3 Å². The molecule has 2 fully saturated rings. The van der Waals surface area contributed by atoms with E-state index < -0.39 is 12.0 Å². The lowest BCUT2D eigenvalue weighted by Crippen LogP contribution is -2.47. The molecule has 232 valence electrons. The number of aryl methyl sites for hydroxylation is 1. The Morgan fingerprint density at radius 3 is 2.73 bits per heavy atom. The van der Waals surface area contributed by atoms with E-state index in [4.69, 9.17) is 20.4 Å². The lowest BCUT2D eigenvalue weighted by molar-refractivity contribution is -0.140. The van der Waals surface area contributed by atoms with E-state index in [1.807, 2.05) is 44.5 Å². The van der Waals surface area contributed by atoms with Crippen LogP contribution in [0.5, 0.6) is 11.6 Å². The summed E-state index contributed by atoms with van der Waals surface area (Å²) in [6.07, 6.45) is 8.86. The molecule has 1 aromatic carbocycles. The summed E-state index contributed by atoms with van der Waals surface area (Å²) in [5, 5.41) is 6.95. The molecule has 11 heteroatoms. The van der Waals surface area contributed by atoms with E-state index in [0.717, 1.165) is 28.1 Å². The minimum atomic E-state index is -0.621. The van der Waals surface area contributed by atoms with E-state index in [1.165, 1.54) is 0 Å². The topological polar surface area (TPSA) is 124 Å². The zero-order chi connectivity index (χ0) is 31.2. The summed E-state index contributed by atoms with van der Waals surface area (Å²) >= 11 is 1.56. The summed E-state index contributed by atoms with van der Waals surface area (Å²) in [5.74, 6) is 2.81. The summed E-state index contributed by atoms with van der Waals surface area (Å²) in [5.41, 5.74) is 4.59. The van der Waals surface area contributed by atoms with Gasteiger partial charge in [0.15, 0.2) is 12.4 Å². The van der Waals surface area contributed by atoms with E-state index in [2.05, 4.69) is 21.4 Å². The first-order chi connectivity index (χ1) is 21.2. The number of carbonyl (C=O) groups is 3. The van der Waals surface area contributed by atoms with E-state index >= 15 is 0 Å². The molecular weight excluding hydrogens is 580 g/mol. The third-order valence-corrected chi connectivity index (χ3v) is 9.18. The lowest BCUT2D eigenvalue weighted by atomic mass is 9.91. The number of ketones is 1. The number of hydrogen-bond acceptors (Lipinski definition) is 9. The summed E-state index contributed by atoms with van der Waals surface area (Å²) in [4.78, 5) is 46.3. The van der Waals surface area contributed by atoms with Crippen molar-refractivity contribution in [3.63, 3.8) is 0 Å². The molecule has 5 rings (SSSR count). The molecule has 3 aromatic rings. The Kier molecular flexibility index (Phi) is 10.0. The van der Waals surface area contributed by atoms with Crippen LogP contribution in [0.4, 0.5) is 0 Å². The fourth-order valence-electron chi connectivity index (χ4n) is 5.86. The molecule has 0 radical (unpaired) electrons. The maximum atomic E-state index is 13.8. The first-order valence-electron chi connectivity index (χ1n) is 15.1. The van der Waals surface area contributed by atoms with Gasteiger partial charge in [0.2, 0.25) is 11.8 Å². The van der Waals surface area contributed by atoms with Gasteiger partial charge in [0.25, 0.3) is 5.88 Å². The van der Waals surface area contributed by atoms with E-state index in [9.17, 15) is 14.4 Å². The van der Waals surface area contributed by atoms with Crippen LogP contribution in [0.1, 0.15) is 75.3 Å². The Bertz CT molecular complexity index is 1530. The van der Waals surface area contributed by atoms with Gasteiger partial charge in [0.1, 0.15) is 23.5 Å². The second-order valence-electron chi connectivity index (χ2n) is 11.6. The molecule has 1 aliphatic carbocycles. The number of amides is 2. The van der Waals surface area contributed by atoms with Crippen molar-refractivity contribution in [2.45, 2.75) is 83.9 Å². The number of ether oxygens (including phenoxy) is 2. The molecule has 0 bridgehead atoms. The normalized spacial score (nSPS) is 17.8. The zero-order valence-corrected chi connectivity index (χ0v) is 26.2. The molecular formula is C33H38N4O6S. The number of nitrogens with zero attached hydrogens (tertiary/aromatic N) is 3. The van der Waals surface area contributed by atoms with Crippen LogP contribution in [0.2, 0.25) is 0 Å². The third kappa shape index (κ3) is 7.13. The molecule has 2 aliphatic rings. The van der Waals surface area contributed by atoms with Crippen molar-refractivity contribution in [2.24, 2.45) is 5.92 Å².